The van der Waals surface area contributed by atoms with E-state index in [1.54, 1.807) is 16.7 Å². The second kappa shape index (κ2) is 8.20. The minimum absolute atomic E-state index is 0.0692. The number of esters is 1. The number of rotatable bonds is 3. The van der Waals surface area contributed by atoms with Gasteiger partial charge in [0, 0.05) is 30.0 Å². The third-order valence-corrected chi connectivity index (χ3v) is 8.91. The molecule has 0 bridgehead atoms. The molecule has 4 aliphatic rings. The lowest BCUT2D eigenvalue weighted by Gasteiger charge is -2.41. The standard InChI is InChI=1S/C24H34N2O5S/c1-22(2,3)26-13-8-11-24-16(19(28)25(12-9-14-27)18(24)20(26)29)17-21(30)31-15-7-5-6-10-23(17,4)32-24/h6,8,10-11,16-18,27H,5,7,9,12-15H2,1-4H3/b10-6-/t16-,17-,18?,23+,24-/m0/s1. The molecule has 176 valence electrons. The molecule has 0 aromatic rings. The van der Waals surface area contributed by atoms with Crippen molar-refractivity contribution in [1.82, 2.24) is 9.80 Å². The van der Waals surface area contributed by atoms with Gasteiger partial charge in [0.1, 0.15) is 6.04 Å². The van der Waals surface area contributed by atoms with Crippen molar-refractivity contribution >= 4 is 29.5 Å². The van der Waals surface area contributed by atoms with Crippen LogP contribution in [0.25, 0.3) is 0 Å². The number of fused-ring (bicyclic) bond motifs is 2. The number of thioether (sulfide) groups is 1. The summed E-state index contributed by atoms with van der Waals surface area (Å²) in [4.78, 5) is 44.6. The predicted molar refractivity (Wildman–Crippen MR) is 123 cm³/mol. The Labute approximate surface area is 194 Å². The summed E-state index contributed by atoms with van der Waals surface area (Å²) >= 11 is 1.56. The van der Waals surface area contributed by atoms with Crippen molar-refractivity contribution in [1.29, 1.82) is 0 Å². The number of hydrogen-bond acceptors (Lipinski definition) is 6. The summed E-state index contributed by atoms with van der Waals surface area (Å²) in [5.74, 6) is -2.01. The van der Waals surface area contributed by atoms with Gasteiger partial charge >= 0.3 is 5.97 Å². The molecule has 0 saturated carbocycles. The summed E-state index contributed by atoms with van der Waals surface area (Å²) in [5, 5.41) is 9.45. The first-order valence-corrected chi connectivity index (χ1v) is 12.3. The number of ether oxygens (including phenoxy) is 1. The van der Waals surface area contributed by atoms with E-state index in [0.29, 0.717) is 19.6 Å². The van der Waals surface area contributed by atoms with Gasteiger partial charge in [-0.1, -0.05) is 24.3 Å². The van der Waals surface area contributed by atoms with Gasteiger partial charge in [0.15, 0.2) is 0 Å². The molecule has 0 aromatic heterocycles. The topological polar surface area (TPSA) is 87.2 Å². The highest BCUT2D eigenvalue weighted by Gasteiger charge is 2.74. The van der Waals surface area contributed by atoms with Gasteiger partial charge in [0.2, 0.25) is 11.8 Å². The summed E-state index contributed by atoms with van der Waals surface area (Å²) in [7, 11) is 0. The Hall–Kier alpha value is -1.80. The molecule has 2 amide bonds. The molecule has 4 heterocycles. The molecule has 1 N–H and O–H groups in total. The molecule has 0 aliphatic carbocycles. The Morgan fingerprint density at radius 2 is 1.91 bits per heavy atom. The summed E-state index contributed by atoms with van der Waals surface area (Å²) < 4.78 is 4.10. The van der Waals surface area contributed by atoms with Crippen LogP contribution in [-0.4, -0.2) is 80.1 Å². The Morgan fingerprint density at radius 3 is 2.59 bits per heavy atom. The zero-order valence-corrected chi connectivity index (χ0v) is 20.2. The maximum absolute atomic E-state index is 14.0. The molecular weight excluding hydrogens is 428 g/mol. The van der Waals surface area contributed by atoms with Gasteiger partial charge in [-0.2, -0.15) is 0 Å². The summed E-state index contributed by atoms with van der Waals surface area (Å²) in [6, 6.07) is -0.719. The highest BCUT2D eigenvalue weighted by molar-refractivity contribution is 8.02. The van der Waals surface area contributed by atoms with Gasteiger partial charge in [0.25, 0.3) is 0 Å². The third kappa shape index (κ3) is 3.50. The molecule has 5 atom stereocenters. The zero-order chi connectivity index (χ0) is 23.3. The number of carbonyl (C=O) groups excluding carboxylic acids is 3. The van der Waals surface area contributed by atoms with Gasteiger partial charge in [-0.15, -0.1) is 11.8 Å². The van der Waals surface area contributed by atoms with Crippen LogP contribution in [0.4, 0.5) is 0 Å². The normalized spacial score (nSPS) is 38.3. The van der Waals surface area contributed by atoms with Crippen LogP contribution in [-0.2, 0) is 19.1 Å². The number of aliphatic hydroxyl groups is 1. The molecule has 4 rings (SSSR count). The Kier molecular flexibility index (Phi) is 5.99. The highest BCUT2D eigenvalue weighted by Crippen LogP contribution is 2.65. The van der Waals surface area contributed by atoms with E-state index in [1.165, 1.54) is 0 Å². The molecule has 2 saturated heterocycles. The number of amides is 2. The molecule has 7 nitrogen and oxygen atoms in total. The molecule has 8 heteroatoms. The third-order valence-electron chi connectivity index (χ3n) is 7.12. The number of likely N-dealkylation sites (tertiary alicyclic amines) is 1. The SMILES string of the molecule is CC(C)(C)N1CC=C[C@]23S[C@]4(C)/C=C\CCCOC(=O)[C@@H]4[C@H]2C(=O)N(CCCO)C3C1=O. The second-order valence-electron chi connectivity index (χ2n) is 10.3. The van der Waals surface area contributed by atoms with Crippen molar-refractivity contribution < 1.29 is 24.2 Å². The second-order valence-corrected chi connectivity index (χ2v) is 12.1. The first kappa shape index (κ1) is 23.4. The van der Waals surface area contributed by atoms with E-state index in [1.807, 2.05) is 44.7 Å². The average molecular weight is 463 g/mol. The number of aliphatic hydroxyl groups excluding tert-OH is 1. The van der Waals surface area contributed by atoms with Crippen LogP contribution in [0.5, 0.6) is 0 Å². The summed E-state index contributed by atoms with van der Waals surface area (Å²) in [6.45, 7) is 8.96. The van der Waals surface area contributed by atoms with Gasteiger partial charge in [-0.3, -0.25) is 14.4 Å². The van der Waals surface area contributed by atoms with Crippen molar-refractivity contribution in [2.75, 3.05) is 26.3 Å². The van der Waals surface area contributed by atoms with Crippen molar-refractivity contribution in [2.45, 2.75) is 68.0 Å². The van der Waals surface area contributed by atoms with Crippen molar-refractivity contribution in [3.05, 3.63) is 24.3 Å². The minimum Gasteiger partial charge on any atom is -0.465 e. The van der Waals surface area contributed by atoms with Gasteiger partial charge < -0.3 is 19.6 Å². The molecule has 4 aliphatic heterocycles. The first-order valence-electron chi connectivity index (χ1n) is 11.5. The number of nitrogens with zero attached hydrogens (tertiary/aromatic N) is 2. The van der Waals surface area contributed by atoms with Crippen LogP contribution < -0.4 is 0 Å². The van der Waals surface area contributed by atoms with Crippen LogP contribution in [0.2, 0.25) is 0 Å². The van der Waals surface area contributed by atoms with E-state index in [2.05, 4.69) is 12.2 Å². The van der Waals surface area contributed by atoms with E-state index in [4.69, 9.17) is 4.74 Å². The van der Waals surface area contributed by atoms with E-state index in [-0.39, 0.29) is 30.9 Å². The van der Waals surface area contributed by atoms with E-state index >= 15 is 0 Å². The molecule has 32 heavy (non-hydrogen) atoms. The van der Waals surface area contributed by atoms with E-state index < -0.39 is 32.9 Å². The number of cyclic esters (lactones) is 1. The largest absolute Gasteiger partial charge is 0.465 e. The molecule has 0 radical (unpaired) electrons. The maximum Gasteiger partial charge on any atom is 0.311 e. The van der Waals surface area contributed by atoms with Crippen LogP contribution in [0.15, 0.2) is 24.3 Å². The molecular formula is C24H34N2O5S. The molecule has 0 aromatic carbocycles. The van der Waals surface area contributed by atoms with Crippen LogP contribution in [0, 0.1) is 11.8 Å². The van der Waals surface area contributed by atoms with E-state index in [0.717, 1.165) is 12.8 Å². The average Bonchev–Trinajstić information content (AvgIpc) is 3.04. The molecule has 1 spiro atoms. The van der Waals surface area contributed by atoms with Crippen molar-refractivity contribution in [2.24, 2.45) is 11.8 Å². The van der Waals surface area contributed by atoms with Crippen molar-refractivity contribution in [3.63, 3.8) is 0 Å². The number of carbonyl (C=O) groups is 3. The lowest BCUT2D eigenvalue weighted by molar-refractivity contribution is -0.154. The number of allylic oxidation sites excluding steroid dienone is 1. The van der Waals surface area contributed by atoms with Gasteiger partial charge in [-0.25, -0.2) is 0 Å². The molecule has 2 fully saturated rings. The fraction of sp³-hybridized carbons (Fsp3) is 0.708. The van der Waals surface area contributed by atoms with Crippen LogP contribution >= 0.6 is 11.8 Å². The quantitative estimate of drug-likeness (QED) is 0.511. The Balaban J connectivity index is 1.87. The van der Waals surface area contributed by atoms with Crippen molar-refractivity contribution in [3.8, 4) is 0 Å². The fourth-order valence-corrected chi connectivity index (χ4v) is 7.87. The summed E-state index contributed by atoms with van der Waals surface area (Å²) in [6.07, 6.45) is 10.1. The number of hydrogen-bond donors (Lipinski definition) is 1. The van der Waals surface area contributed by atoms with Gasteiger partial charge in [-0.05, 0) is 47.0 Å². The van der Waals surface area contributed by atoms with Gasteiger partial charge in [0.05, 0.1) is 23.2 Å². The van der Waals surface area contributed by atoms with Crippen LogP contribution in [0.3, 0.4) is 0 Å². The maximum atomic E-state index is 14.0. The zero-order valence-electron chi connectivity index (χ0n) is 19.4. The predicted octanol–water partition coefficient (Wildman–Crippen LogP) is 2.15. The fourth-order valence-electron chi connectivity index (χ4n) is 5.72. The highest BCUT2D eigenvalue weighted by atomic mass is 32.2. The monoisotopic (exact) mass is 462 g/mol. The molecule has 1 unspecified atom stereocenters. The van der Waals surface area contributed by atoms with E-state index in [9.17, 15) is 19.5 Å². The summed E-state index contributed by atoms with van der Waals surface area (Å²) in [5.41, 5.74) is -0.414. The van der Waals surface area contributed by atoms with Crippen LogP contribution in [0.1, 0.15) is 47.0 Å². The Morgan fingerprint density at radius 1 is 1.16 bits per heavy atom. The minimum atomic E-state index is -0.856. The Bertz CT molecular complexity index is 865. The lowest BCUT2D eigenvalue weighted by Crippen LogP contribution is -2.57. The lowest BCUT2D eigenvalue weighted by atomic mass is 9.74. The smallest absolute Gasteiger partial charge is 0.311 e. The first-order chi connectivity index (χ1) is 15.1.